The van der Waals surface area contributed by atoms with E-state index in [9.17, 15) is 9.18 Å². The lowest BCUT2D eigenvalue weighted by Gasteiger charge is -2.26. The van der Waals surface area contributed by atoms with Gasteiger partial charge in [-0.15, -0.1) is 0 Å². The quantitative estimate of drug-likeness (QED) is 0.657. The first-order chi connectivity index (χ1) is 14.6. The number of ether oxygens (including phenoxy) is 2. The van der Waals surface area contributed by atoms with Crippen LogP contribution in [0.2, 0.25) is 0 Å². The van der Waals surface area contributed by atoms with Gasteiger partial charge in [0.25, 0.3) is 5.91 Å². The van der Waals surface area contributed by atoms with Crippen molar-refractivity contribution in [1.82, 2.24) is 14.7 Å². The molecule has 0 saturated carbocycles. The average Bonchev–Trinajstić information content (AvgIpc) is 3.41. The molecule has 0 radical (unpaired) electrons. The van der Waals surface area contributed by atoms with Gasteiger partial charge in [-0.05, 0) is 61.7 Å². The number of likely N-dealkylation sites (tertiary alicyclic amines) is 1. The molecule has 5 rings (SSSR count). The second-order valence-electron chi connectivity index (χ2n) is 7.59. The molecule has 0 N–H and O–H groups in total. The first kappa shape index (κ1) is 18.7. The van der Waals surface area contributed by atoms with Gasteiger partial charge in [0.2, 0.25) is 0 Å². The summed E-state index contributed by atoms with van der Waals surface area (Å²) in [5.41, 5.74) is 3.06. The Kier molecular flexibility index (Phi) is 4.65. The zero-order valence-corrected chi connectivity index (χ0v) is 16.7. The molecule has 154 valence electrons. The van der Waals surface area contributed by atoms with Crippen LogP contribution in [0, 0.1) is 12.7 Å². The van der Waals surface area contributed by atoms with Crippen LogP contribution in [0.15, 0.2) is 48.7 Å². The van der Waals surface area contributed by atoms with E-state index in [2.05, 4.69) is 5.10 Å². The molecule has 2 aromatic carbocycles. The molecule has 0 aliphatic carbocycles. The zero-order chi connectivity index (χ0) is 20.7. The summed E-state index contributed by atoms with van der Waals surface area (Å²) in [6, 6.07) is 12.0. The zero-order valence-electron chi connectivity index (χ0n) is 16.7. The van der Waals surface area contributed by atoms with Crippen LogP contribution in [-0.4, -0.2) is 40.3 Å². The smallest absolute Gasteiger partial charge is 0.257 e. The fraction of sp³-hybridized carbons (Fsp3) is 0.304. The number of hydrogen-bond acceptors (Lipinski definition) is 4. The minimum atomic E-state index is -0.306. The Hall–Kier alpha value is -3.35. The summed E-state index contributed by atoms with van der Waals surface area (Å²) >= 11 is 0. The molecule has 1 fully saturated rings. The van der Waals surface area contributed by atoms with E-state index in [0.29, 0.717) is 25.3 Å². The topological polar surface area (TPSA) is 56.6 Å². The van der Waals surface area contributed by atoms with Crippen LogP contribution < -0.4 is 9.47 Å². The van der Waals surface area contributed by atoms with Crippen molar-refractivity contribution in [3.63, 3.8) is 0 Å². The van der Waals surface area contributed by atoms with E-state index in [1.807, 2.05) is 30.0 Å². The van der Waals surface area contributed by atoms with Crippen molar-refractivity contribution >= 4 is 5.91 Å². The van der Waals surface area contributed by atoms with E-state index in [1.165, 1.54) is 12.1 Å². The van der Waals surface area contributed by atoms with Gasteiger partial charge in [0.15, 0.2) is 11.5 Å². The molecule has 2 aliphatic heterocycles. The molecule has 0 bridgehead atoms. The number of carbonyl (C=O) groups is 1. The fourth-order valence-corrected chi connectivity index (χ4v) is 4.24. The maximum absolute atomic E-state index is 13.4. The minimum Gasteiger partial charge on any atom is -0.486 e. The van der Waals surface area contributed by atoms with Gasteiger partial charge in [0.1, 0.15) is 19.0 Å². The number of nitrogens with zero attached hydrogens (tertiary/aromatic N) is 3. The van der Waals surface area contributed by atoms with Crippen LogP contribution in [0.1, 0.15) is 40.5 Å². The highest BCUT2D eigenvalue weighted by molar-refractivity contribution is 5.95. The Morgan fingerprint density at radius 3 is 2.67 bits per heavy atom. The number of hydrogen-bond donors (Lipinski definition) is 0. The summed E-state index contributed by atoms with van der Waals surface area (Å²) in [6.45, 7) is 3.64. The van der Waals surface area contributed by atoms with Crippen LogP contribution in [0.5, 0.6) is 11.5 Å². The first-order valence-electron chi connectivity index (χ1n) is 10.1. The van der Waals surface area contributed by atoms with Gasteiger partial charge in [0, 0.05) is 6.54 Å². The van der Waals surface area contributed by atoms with E-state index in [4.69, 9.17) is 9.47 Å². The number of amides is 1. The molecule has 1 unspecified atom stereocenters. The lowest BCUT2D eigenvalue weighted by molar-refractivity contribution is 0.0734. The lowest BCUT2D eigenvalue weighted by Crippen LogP contribution is -2.31. The predicted molar refractivity (Wildman–Crippen MR) is 109 cm³/mol. The summed E-state index contributed by atoms with van der Waals surface area (Å²) in [4.78, 5) is 15.3. The molecule has 2 aliphatic rings. The number of rotatable bonds is 3. The number of aromatic nitrogens is 2. The molecule has 30 heavy (non-hydrogen) atoms. The molecule has 1 aromatic heterocycles. The highest BCUT2D eigenvalue weighted by Crippen LogP contribution is 2.38. The molecule has 1 saturated heterocycles. The third-order valence-corrected chi connectivity index (χ3v) is 5.78. The van der Waals surface area contributed by atoms with Crippen LogP contribution in [0.25, 0.3) is 5.69 Å². The third-order valence-electron chi connectivity index (χ3n) is 5.78. The second kappa shape index (κ2) is 7.48. The molecule has 0 spiro atoms. The van der Waals surface area contributed by atoms with E-state index >= 15 is 0 Å². The van der Waals surface area contributed by atoms with Crippen molar-refractivity contribution in [2.45, 2.75) is 25.8 Å². The van der Waals surface area contributed by atoms with Gasteiger partial charge in [-0.25, -0.2) is 9.07 Å². The molecule has 1 atom stereocenters. The standard InChI is InChI=1S/C23H22FN3O3/c1-15-19(14-25-27(15)18-7-5-17(24)6-8-18)23(28)26-10-2-3-20(26)16-4-9-21-22(13-16)30-12-11-29-21/h4-9,13-14,20H,2-3,10-12H2,1H3. The van der Waals surface area contributed by atoms with E-state index in [1.54, 1.807) is 23.0 Å². The second-order valence-corrected chi connectivity index (χ2v) is 7.59. The molecular formula is C23H22FN3O3. The number of fused-ring (bicyclic) bond motifs is 1. The molecule has 3 aromatic rings. The Balaban J connectivity index is 1.42. The Labute approximate surface area is 173 Å². The molecule has 6 nitrogen and oxygen atoms in total. The van der Waals surface area contributed by atoms with Crippen LogP contribution >= 0.6 is 0 Å². The summed E-state index contributed by atoms with van der Waals surface area (Å²) in [6.07, 6.45) is 3.44. The molecule has 3 heterocycles. The Morgan fingerprint density at radius 1 is 1.10 bits per heavy atom. The summed E-state index contributed by atoms with van der Waals surface area (Å²) in [5, 5.41) is 4.37. The lowest BCUT2D eigenvalue weighted by atomic mass is 10.0. The maximum Gasteiger partial charge on any atom is 0.257 e. The van der Waals surface area contributed by atoms with Gasteiger partial charge in [-0.3, -0.25) is 4.79 Å². The normalized spacial score (nSPS) is 17.9. The highest BCUT2D eigenvalue weighted by atomic mass is 19.1. The predicted octanol–water partition coefficient (Wildman–Crippen LogP) is 4.07. The summed E-state index contributed by atoms with van der Waals surface area (Å²) < 4.78 is 26.2. The first-order valence-corrected chi connectivity index (χ1v) is 10.1. The Bertz CT molecular complexity index is 1090. The van der Waals surface area contributed by atoms with E-state index in [-0.39, 0.29) is 17.8 Å². The largest absolute Gasteiger partial charge is 0.486 e. The van der Waals surface area contributed by atoms with Gasteiger partial charge in [-0.2, -0.15) is 5.10 Å². The maximum atomic E-state index is 13.4. The summed E-state index contributed by atoms with van der Waals surface area (Å²) in [7, 11) is 0. The molecule has 1 amide bonds. The number of benzene rings is 2. The molecule has 7 heteroatoms. The van der Waals surface area contributed by atoms with Gasteiger partial charge < -0.3 is 14.4 Å². The highest BCUT2D eigenvalue weighted by Gasteiger charge is 2.33. The van der Waals surface area contributed by atoms with Crippen LogP contribution in [0.3, 0.4) is 0 Å². The van der Waals surface area contributed by atoms with Crippen LogP contribution in [0.4, 0.5) is 4.39 Å². The Morgan fingerprint density at radius 2 is 1.87 bits per heavy atom. The van der Waals surface area contributed by atoms with Crippen molar-refractivity contribution in [2.24, 2.45) is 0 Å². The van der Waals surface area contributed by atoms with E-state index < -0.39 is 0 Å². The van der Waals surface area contributed by atoms with E-state index in [0.717, 1.165) is 41.3 Å². The molecular weight excluding hydrogens is 385 g/mol. The van der Waals surface area contributed by atoms with Gasteiger partial charge in [0.05, 0.1) is 29.2 Å². The van der Waals surface area contributed by atoms with Crippen molar-refractivity contribution in [3.05, 3.63) is 71.3 Å². The van der Waals surface area contributed by atoms with Gasteiger partial charge >= 0.3 is 0 Å². The SMILES string of the molecule is Cc1c(C(=O)N2CCCC2c2ccc3c(c2)OCCO3)cnn1-c1ccc(F)cc1. The van der Waals surface area contributed by atoms with Crippen molar-refractivity contribution in [3.8, 4) is 17.2 Å². The van der Waals surface area contributed by atoms with Crippen LogP contribution in [-0.2, 0) is 0 Å². The number of carbonyl (C=O) groups excluding carboxylic acids is 1. The van der Waals surface area contributed by atoms with Crippen molar-refractivity contribution < 1.29 is 18.7 Å². The monoisotopic (exact) mass is 407 g/mol. The van der Waals surface area contributed by atoms with Crippen molar-refractivity contribution in [1.29, 1.82) is 0 Å². The van der Waals surface area contributed by atoms with Gasteiger partial charge in [-0.1, -0.05) is 6.07 Å². The minimum absolute atomic E-state index is 0.0121. The fourth-order valence-electron chi connectivity index (χ4n) is 4.24. The van der Waals surface area contributed by atoms with Crippen molar-refractivity contribution in [2.75, 3.05) is 19.8 Å². The number of halogens is 1. The average molecular weight is 407 g/mol. The third kappa shape index (κ3) is 3.20. The summed E-state index contributed by atoms with van der Waals surface area (Å²) in [5.74, 6) is 1.13.